The third kappa shape index (κ3) is 7.01. The summed E-state index contributed by atoms with van der Waals surface area (Å²) in [6.07, 6.45) is 5.83. The third-order valence-corrected chi connectivity index (χ3v) is 6.71. The first-order valence-electron chi connectivity index (χ1n) is 12.4. The molecule has 7 nitrogen and oxygen atoms in total. The van der Waals surface area contributed by atoms with E-state index in [9.17, 15) is 14.4 Å². The summed E-state index contributed by atoms with van der Waals surface area (Å²) >= 11 is 0. The van der Waals surface area contributed by atoms with Gasteiger partial charge in [0.15, 0.2) is 0 Å². The SMILES string of the molecule is O=C(O)CC1CCC(c2ccc(NC(=O)CCNC(=O)c3ccc(-c4ccccc4)nc3)cc2)CC1. The van der Waals surface area contributed by atoms with Gasteiger partial charge in [-0.25, -0.2) is 0 Å². The molecule has 1 heterocycles. The molecule has 36 heavy (non-hydrogen) atoms. The summed E-state index contributed by atoms with van der Waals surface area (Å²) in [7, 11) is 0. The predicted octanol–water partition coefficient (Wildman–Crippen LogP) is 5.26. The maximum atomic E-state index is 12.4. The fraction of sp³-hybridized carbons (Fsp3) is 0.310. The topological polar surface area (TPSA) is 108 Å². The summed E-state index contributed by atoms with van der Waals surface area (Å²) in [5, 5.41) is 14.6. The molecule has 4 rings (SSSR count). The number of amides is 2. The minimum atomic E-state index is -0.715. The Kier molecular flexibility index (Phi) is 8.44. The smallest absolute Gasteiger partial charge is 0.303 e. The minimum Gasteiger partial charge on any atom is -0.481 e. The van der Waals surface area contributed by atoms with E-state index in [4.69, 9.17) is 5.11 Å². The Bertz CT molecular complexity index is 1170. The number of aliphatic carboxylic acids is 1. The molecule has 2 aromatic carbocycles. The summed E-state index contributed by atoms with van der Waals surface area (Å²) in [5.41, 5.74) is 4.17. The second-order valence-corrected chi connectivity index (χ2v) is 9.29. The predicted molar refractivity (Wildman–Crippen MR) is 139 cm³/mol. The molecular weight excluding hydrogens is 454 g/mol. The number of carboxylic acid groups (broad SMARTS) is 1. The second kappa shape index (κ2) is 12.1. The molecular formula is C29H31N3O4. The van der Waals surface area contributed by atoms with Crippen LogP contribution in [0.25, 0.3) is 11.3 Å². The maximum Gasteiger partial charge on any atom is 0.303 e. The first kappa shape index (κ1) is 25.1. The van der Waals surface area contributed by atoms with Crippen molar-refractivity contribution in [1.29, 1.82) is 0 Å². The highest BCUT2D eigenvalue weighted by molar-refractivity contribution is 5.95. The number of carboxylic acids is 1. The average Bonchev–Trinajstić information content (AvgIpc) is 2.90. The number of carbonyl (C=O) groups excluding carboxylic acids is 2. The second-order valence-electron chi connectivity index (χ2n) is 9.29. The molecule has 1 aliphatic rings. The van der Waals surface area contributed by atoms with Crippen molar-refractivity contribution in [2.24, 2.45) is 5.92 Å². The van der Waals surface area contributed by atoms with Crippen molar-refractivity contribution in [1.82, 2.24) is 10.3 Å². The molecule has 1 fully saturated rings. The lowest BCUT2D eigenvalue weighted by atomic mass is 9.77. The summed E-state index contributed by atoms with van der Waals surface area (Å²) in [5.74, 6) is -0.436. The standard InChI is InChI=1S/C29H31N3O4/c33-27(16-17-30-29(36)24-12-15-26(31-19-24)23-4-2-1-3-5-23)32-25-13-10-22(11-14-25)21-8-6-20(7-9-21)18-28(34)35/h1-5,10-15,19-21H,6-9,16-18H2,(H,30,36)(H,32,33)(H,34,35). The van der Waals surface area contributed by atoms with Crippen molar-refractivity contribution in [3.63, 3.8) is 0 Å². The summed E-state index contributed by atoms with van der Waals surface area (Å²) < 4.78 is 0. The molecule has 7 heteroatoms. The average molecular weight is 486 g/mol. The number of benzene rings is 2. The van der Waals surface area contributed by atoms with E-state index in [1.165, 1.54) is 11.8 Å². The van der Waals surface area contributed by atoms with Crippen LogP contribution in [-0.2, 0) is 9.59 Å². The van der Waals surface area contributed by atoms with Gasteiger partial charge >= 0.3 is 5.97 Å². The quantitative estimate of drug-likeness (QED) is 0.383. The van der Waals surface area contributed by atoms with Gasteiger partial charge < -0.3 is 15.7 Å². The highest BCUT2D eigenvalue weighted by atomic mass is 16.4. The fourth-order valence-corrected chi connectivity index (χ4v) is 4.71. The van der Waals surface area contributed by atoms with Crippen LogP contribution in [0.5, 0.6) is 0 Å². The van der Waals surface area contributed by atoms with Crippen LogP contribution in [0.15, 0.2) is 72.9 Å². The molecule has 2 amide bonds. The van der Waals surface area contributed by atoms with Crippen molar-refractivity contribution in [3.05, 3.63) is 84.1 Å². The summed E-state index contributed by atoms with van der Waals surface area (Å²) in [6.45, 7) is 0.225. The highest BCUT2D eigenvalue weighted by Crippen LogP contribution is 2.37. The number of nitrogens with zero attached hydrogens (tertiary/aromatic N) is 1. The number of hydrogen-bond donors (Lipinski definition) is 3. The molecule has 0 unspecified atom stereocenters. The van der Waals surface area contributed by atoms with Gasteiger partial charge in [0.05, 0.1) is 11.3 Å². The Balaban J connectivity index is 1.19. The van der Waals surface area contributed by atoms with Gasteiger partial charge in [0, 0.05) is 36.8 Å². The van der Waals surface area contributed by atoms with E-state index in [2.05, 4.69) is 15.6 Å². The normalized spacial score (nSPS) is 17.2. The molecule has 0 bridgehead atoms. The first-order valence-corrected chi connectivity index (χ1v) is 12.4. The molecule has 186 valence electrons. The van der Waals surface area contributed by atoms with Gasteiger partial charge in [0.1, 0.15) is 0 Å². The van der Waals surface area contributed by atoms with E-state index in [-0.39, 0.29) is 37.1 Å². The lowest BCUT2D eigenvalue weighted by molar-refractivity contribution is -0.138. The van der Waals surface area contributed by atoms with E-state index in [0.717, 1.165) is 42.6 Å². The molecule has 1 aromatic heterocycles. The zero-order chi connectivity index (χ0) is 25.3. The largest absolute Gasteiger partial charge is 0.481 e. The van der Waals surface area contributed by atoms with E-state index in [1.54, 1.807) is 6.07 Å². The van der Waals surface area contributed by atoms with Gasteiger partial charge in [-0.2, -0.15) is 0 Å². The molecule has 0 radical (unpaired) electrons. The van der Waals surface area contributed by atoms with Crippen molar-refractivity contribution < 1.29 is 19.5 Å². The third-order valence-electron chi connectivity index (χ3n) is 6.71. The number of anilines is 1. The number of hydrogen-bond acceptors (Lipinski definition) is 4. The van der Waals surface area contributed by atoms with Crippen LogP contribution >= 0.6 is 0 Å². The van der Waals surface area contributed by atoms with E-state index >= 15 is 0 Å². The first-order chi connectivity index (χ1) is 17.5. The summed E-state index contributed by atoms with van der Waals surface area (Å²) in [4.78, 5) is 40.0. The van der Waals surface area contributed by atoms with Crippen molar-refractivity contribution in [3.8, 4) is 11.3 Å². The van der Waals surface area contributed by atoms with Crippen LogP contribution < -0.4 is 10.6 Å². The minimum absolute atomic E-state index is 0.163. The zero-order valence-corrected chi connectivity index (χ0v) is 20.2. The molecule has 0 aliphatic heterocycles. The van der Waals surface area contributed by atoms with Gasteiger partial charge in [0.2, 0.25) is 5.91 Å². The molecule has 0 spiro atoms. The Morgan fingerprint density at radius 3 is 2.25 bits per heavy atom. The van der Waals surface area contributed by atoms with E-state index in [1.807, 2.05) is 60.7 Å². The van der Waals surface area contributed by atoms with Crippen LogP contribution in [0.2, 0.25) is 0 Å². The number of pyridine rings is 1. The lowest BCUT2D eigenvalue weighted by Gasteiger charge is -2.28. The van der Waals surface area contributed by atoms with Crippen LogP contribution in [0, 0.1) is 5.92 Å². The molecule has 3 N–H and O–H groups in total. The monoisotopic (exact) mass is 485 g/mol. The van der Waals surface area contributed by atoms with Gasteiger partial charge in [-0.15, -0.1) is 0 Å². The number of aromatic nitrogens is 1. The van der Waals surface area contributed by atoms with Gasteiger partial charge in [-0.1, -0.05) is 42.5 Å². The van der Waals surface area contributed by atoms with Crippen LogP contribution in [0.1, 0.15) is 60.4 Å². The van der Waals surface area contributed by atoms with Crippen molar-refractivity contribution in [2.75, 3.05) is 11.9 Å². The Morgan fingerprint density at radius 2 is 1.61 bits per heavy atom. The number of nitrogens with one attached hydrogen (secondary N) is 2. The fourth-order valence-electron chi connectivity index (χ4n) is 4.71. The van der Waals surface area contributed by atoms with Gasteiger partial charge in [-0.3, -0.25) is 19.4 Å². The number of rotatable bonds is 9. The molecule has 0 atom stereocenters. The van der Waals surface area contributed by atoms with Crippen LogP contribution in [0.3, 0.4) is 0 Å². The Labute approximate surface area is 211 Å². The Hall–Kier alpha value is -4.00. The number of carbonyl (C=O) groups is 3. The van der Waals surface area contributed by atoms with Crippen molar-refractivity contribution in [2.45, 2.75) is 44.4 Å². The molecule has 1 saturated carbocycles. The van der Waals surface area contributed by atoms with Gasteiger partial charge in [0.25, 0.3) is 5.91 Å². The lowest BCUT2D eigenvalue weighted by Crippen LogP contribution is -2.27. The highest BCUT2D eigenvalue weighted by Gasteiger charge is 2.24. The zero-order valence-electron chi connectivity index (χ0n) is 20.2. The van der Waals surface area contributed by atoms with E-state index < -0.39 is 5.97 Å². The Morgan fingerprint density at radius 1 is 0.889 bits per heavy atom. The van der Waals surface area contributed by atoms with Crippen LogP contribution in [0.4, 0.5) is 5.69 Å². The summed E-state index contributed by atoms with van der Waals surface area (Å²) in [6, 6.07) is 21.1. The molecule has 3 aromatic rings. The molecule has 0 saturated heterocycles. The molecule has 1 aliphatic carbocycles. The van der Waals surface area contributed by atoms with Crippen molar-refractivity contribution >= 4 is 23.5 Å². The van der Waals surface area contributed by atoms with E-state index in [0.29, 0.717) is 11.5 Å². The van der Waals surface area contributed by atoms with Crippen LogP contribution in [-0.4, -0.2) is 34.4 Å². The van der Waals surface area contributed by atoms with Gasteiger partial charge in [-0.05, 0) is 67.3 Å². The maximum absolute atomic E-state index is 12.4.